The molecule has 0 aliphatic heterocycles. The third-order valence-corrected chi connectivity index (χ3v) is 4.48. The number of halogens is 1. The Hall–Kier alpha value is -3.25. The van der Waals surface area contributed by atoms with Crippen molar-refractivity contribution in [3.63, 3.8) is 0 Å². The normalized spacial score (nSPS) is 10.9. The van der Waals surface area contributed by atoms with Gasteiger partial charge in [0.2, 0.25) is 0 Å². The van der Waals surface area contributed by atoms with E-state index in [-0.39, 0.29) is 5.91 Å². The highest BCUT2D eigenvalue weighted by atomic mass is 35.5. The molecule has 0 spiro atoms. The van der Waals surface area contributed by atoms with Crippen LogP contribution in [-0.2, 0) is 0 Å². The Balaban J connectivity index is 1.70. The molecule has 6 nitrogen and oxygen atoms in total. The van der Waals surface area contributed by atoms with Crippen molar-refractivity contribution >= 4 is 29.0 Å². The molecule has 2 aromatic heterocycles. The molecule has 2 aromatic carbocycles. The number of rotatable bonds is 3. The Labute approximate surface area is 160 Å². The van der Waals surface area contributed by atoms with Crippen molar-refractivity contribution < 1.29 is 4.79 Å². The second-order valence-corrected chi connectivity index (χ2v) is 6.64. The number of hydrogen-bond donors (Lipinski definition) is 1. The van der Waals surface area contributed by atoms with Gasteiger partial charge in [-0.05, 0) is 31.5 Å². The summed E-state index contributed by atoms with van der Waals surface area (Å²) in [5.41, 5.74) is 3.47. The zero-order chi connectivity index (χ0) is 19.0. The number of carbonyl (C=O) groups is 1. The lowest BCUT2D eigenvalue weighted by Crippen LogP contribution is -2.16. The number of nitrogens with zero attached hydrogens (tertiary/aromatic N) is 4. The van der Waals surface area contributed by atoms with E-state index in [1.165, 1.54) is 4.52 Å². The van der Waals surface area contributed by atoms with Gasteiger partial charge in [0, 0.05) is 22.5 Å². The Morgan fingerprint density at radius 2 is 1.85 bits per heavy atom. The molecule has 1 amide bonds. The smallest absolute Gasteiger partial charge is 0.259 e. The van der Waals surface area contributed by atoms with Crippen molar-refractivity contribution in [1.29, 1.82) is 0 Å². The second kappa shape index (κ2) is 6.81. The number of amides is 1. The van der Waals surface area contributed by atoms with Gasteiger partial charge in [-0.3, -0.25) is 4.79 Å². The summed E-state index contributed by atoms with van der Waals surface area (Å²) < 4.78 is 1.52. The third-order valence-electron chi connectivity index (χ3n) is 4.25. The number of anilines is 1. The first-order valence-electron chi connectivity index (χ1n) is 8.38. The lowest BCUT2D eigenvalue weighted by Gasteiger charge is -2.10. The van der Waals surface area contributed by atoms with Crippen molar-refractivity contribution in [1.82, 2.24) is 19.6 Å². The van der Waals surface area contributed by atoms with Crippen LogP contribution in [0.5, 0.6) is 0 Å². The summed E-state index contributed by atoms with van der Waals surface area (Å²) in [6.45, 7) is 3.68. The number of fused-ring (bicyclic) bond motifs is 1. The van der Waals surface area contributed by atoms with Gasteiger partial charge in [-0.15, -0.1) is 5.10 Å². The molecule has 0 saturated heterocycles. The van der Waals surface area contributed by atoms with Gasteiger partial charge in [0.1, 0.15) is 0 Å². The van der Waals surface area contributed by atoms with E-state index in [4.69, 9.17) is 11.6 Å². The minimum absolute atomic E-state index is 0.274. The number of aryl methyl sites for hydroxylation is 2. The molecule has 2 heterocycles. The van der Waals surface area contributed by atoms with Crippen molar-refractivity contribution in [2.75, 3.05) is 5.32 Å². The Morgan fingerprint density at radius 1 is 1.07 bits per heavy atom. The molecule has 4 aromatic rings. The summed E-state index contributed by atoms with van der Waals surface area (Å²) in [6, 6.07) is 15.0. The fourth-order valence-electron chi connectivity index (χ4n) is 2.75. The highest BCUT2D eigenvalue weighted by Crippen LogP contribution is 2.22. The summed E-state index contributed by atoms with van der Waals surface area (Å²) in [4.78, 5) is 21.6. The van der Waals surface area contributed by atoms with Gasteiger partial charge in [-0.25, -0.2) is 9.50 Å². The Morgan fingerprint density at radius 3 is 2.63 bits per heavy atom. The standard InChI is InChI=1S/C20H16ClN5O/c1-12-8-9-15(21)10-17(12)23-19(27)16-11-26-20(22-13(16)2)24-18(25-26)14-6-4-3-5-7-14/h3-11H,1-2H3,(H,23,27). The SMILES string of the molecule is Cc1ccc(Cl)cc1NC(=O)c1cn2nc(-c3ccccc3)nc2nc1C. The van der Waals surface area contributed by atoms with Gasteiger partial charge >= 0.3 is 0 Å². The van der Waals surface area contributed by atoms with Crippen LogP contribution in [0, 0.1) is 13.8 Å². The van der Waals surface area contributed by atoms with Gasteiger partial charge < -0.3 is 5.32 Å². The third kappa shape index (κ3) is 3.39. The van der Waals surface area contributed by atoms with Crippen LogP contribution < -0.4 is 5.32 Å². The van der Waals surface area contributed by atoms with E-state index in [1.807, 2.05) is 43.3 Å². The highest BCUT2D eigenvalue weighted by molar-refractivity contribution is 6.31. The molecule has 0 aliphatic rings. The molecule has 0 fully saturated rings. The van der Waals surface area contributed by atoms with Gasteiger partial charge in [0.15, 0.2) is 5.82 Å². The summed E-state index contributed by atoms with van der Waals surface area (Å²) >= 11 is 6.03. The maximum absolute atomic E-state index is 12.8. The predicted molar refractivity (Wildman–Crippen MR) is 105 cm³/mol. The van der Waals surface area contributed by atoms with Crippen LogP contribution in [0.25, 0.3) is 17.2 Å². The minimum atomic E-state index is -0.274. The molecule has 1 N–H and O–H groups in total. The molecular weight excluding hydrogens is 362 g/mol. The first-order chi connectivity index (χ1) is 13.0. The molecule has 4 rings (SSSR count). The highest BCUT2D eigenvalue weighted by Gasteiger charge is 2.16. The Kier molecular flexibility index (Phi) is 4.33. The molecule has 27 heavy (non-hydrogen) atoms. The number of aromatic nitrogens is 4. The van der Waals surface area contributed by atoms with E-state index in [0.717, 1.165) is 11.1 Å². The van der Waals surface area contributed by atoms with E-state index in [0.29, 0.717) is 33.6 Å². The number of benzene rings is 2. The van der Waals surface area contributed by atoms with E-state index in [1.54, 1.807) is 25.3 Å². The zero-order valence-electron chi connectivity index (χ0n) is 14.8. The van der Waals surface area contributed by atoms with Crippen molar-refractivity contribution in [2.24, 2.45) is 0 Å². The van der Waals surface area contributed by atoms with E-state index in [2.05, 4.69) is 20.4 Å². The number of carbonyl (C=O) groups excluding carboxylic acids is 1. The summed E-state index contributed by atoms with van der Waals surface area (Å²) in [7, 11) is 0. The van der Waals surface area contributed by atoms with Crippen LogP contribution in [0.2, 0.25) is 5.02 Å². The van der Waals surface area contributed by atoms with E-state index in [9.17, 15) is 4.79 Å². The first-order valence-corrected chi connectivity index (χ1v) is 8.76. The summed E-state index contributed by atoms with van der Waals surface area (Å²) in [5.74, 6) is 0.733. The summed E-state index contributed by atoms with van der Waals surface area (Å²) in [6.07, 6.45) is 1.65. The fraction of sp³-hybridized carbons (Fsp3) is 0.100. The van der Waals surface area contributed by atoms with Crippen LogP contribution in [0.15, 0.2) is 54.7 Å². The minimum Gasteiger partial charge on any atom is -0.322 e. The molecule has 0 radical (unpaired) electrons. The average molecular weight is 378 g/mol. The zero-order valence-corrected chi connectivity index (χ0v) is 15.5. The summed E-state index contributed by atoms with van der Waals surface area (Å²) in [5, 5.41) is 7.89. The van der Waals surface area contributed by atoms with Crippen molar-refractivity contribution in [3.8, 4) is 11.4 Å². The molecule has 0 bridgehead atoms. The molecule has 134 valence electrons. The van der Waals surface area contributed by atoms with Crippen molar-refractivity contribution in [3.05, 3.63) is 76.6 Å². The van der Waals surface area contributed by atoms with Gasteiger partial charge in [-0.2, -0.15) is 4.98 Å². The number of hydrogen-bond acceptors (Lipinski definition) is 4. The topological polar surface area (TPSA) is 72.2 Å². The lowest BCUT2D eigenvalue weighted by molar-refractivity contribution is 0.102. The van der Waals surface area contributed by atoms with Gasteiger partial charge in [0.05, 0.1) is 11.3 Å². The number of nitrogens with one attached hydrogen (secondary N) is 1. The lowest BCUT2D eigenvalue weighted by atomic mass is 10.1. The van der Waals surface area contributed by atoms with Crippen molar-refractivity contribution in [2.45, 2.75) is 13.8 Å². The molecule has 7 heteroatoms. The van der Waals surface area contributed by atoms with Crippen LogP contribution in [0.3, 0.4) is 0 Å². The second-order valence-electron chi connectivity index (χ2n) is 6.20. The first kappa shape index (κ1) is 17.2. The maximum Gasteiger partial charge on any atom is 0.259 e. The van der Waals surface area contributed by atoms with E-state index < -0.39 is 0 Å². The van der Waals surface area contributed by atoms with Crippen LogP contribution >= 0.6 is 11.6 Å². The largest absolute Gasteiger partial charge is 0.322 e. The predicted octanol–water partition coefficient (Wildman–Crippen LogP) is 4.31. The molecule has 0 aliphatic carbocycles. The monoisotopic (exact) mass is 377 g/mol. The molecular formula is C20H16ClN5O. The molecule has 0 unspecified atom stereocenters. The van der Waals surface area contributed by atoms with Gasteiger partial charge in [-0.1, -0.05) is 48.0 Å². The van der Waals surface area contributed by atoms with Gasteiger partial charge in [0.25, 0.3) is 11.7 Å². The fourth-order valence-corrected chi connectivity index (χ4v) is 2.93. The van der Waals surface area contributed by atoms with E-state index >= 15 is 0 Å². The molecule has 0 saturated carbocycles. The van der Waals surface area contributed by atoms with Crippen LogP contribution in [0.4, 0.5) is 5.69 Å². The van der Waals surface area contributed by atoms with Crippen LogP contribution in [-0.4, -0.2) is 25.5 Å². The average Bonchev–Trinajstić information content (AvgIpc) is 3.07. The quantitative estimate of drug-likeness (QED) is 0.577. The Bertz CT molecular complexity index is 1150. The maximum atomic E-state index is 12.8. The molecule has 0 atom stereocenters. The van der Waals surface area contributed by atoms with Crippen LogP contribution in [0.1, 0.15) is 21.6 Å².